The van der Waals surface area contributed by atoms with Crippen LogP contribution in [0.3, 0.4) is 0 Å². The molecule has 120 valence electrons. The first-order valence-electron chi connectivity index (χ1n) is 7.90. The average molecular weight is 311 g/mol. The maximum absolute atomic E-state index is 12.2. The molecule has 1 fully saturated rings. The number of pyridine rings is 1. The summed E-state index contributed by atoms with van der Waals surface area (Å²) in [6, 6.07) is 5.71. The molecule has 2 aromatic heterocycles. The summed E-state index contributed by atoms with van der Waals surface area (Å²) in [4.78, 5) is 27.4. The molecule has 0 spiro atoms. The van der Waals surface area contributed by atoms with Crippen molar-refractivity contribution in [3.63, 3.8) is 0 Å². The van der Waals surface area contributed by atoms with E-state index in [4.69, 9.17) is 0 Å². The third-order valence-corrected chi connectivity index (χ3v) is 4.01. The Balaban J connectivity index is 1.57. The first kappa shape index (κ1) is 15.4. The maximum Gasteiger partial charge on any atom is 0.253 e. The highest BCUT2D eigenvalue weighted by Gasteiger charge is 2.22. The van der Waals surface area contributed by atoms with Gasteiger partial charge in [-0.3, -0.25) is 9.78 Å². The van der Waals surface area contributed by atoms with Crippen LogP contribution in [0.15, 0.2) is 30.6 Å². The molecule has 1 saturated heterocycles. The van der Waals surface area contributed by atoms with Crippen molar-refractivity contribution in [1.82, 2.24) is 20.3 Å². The standard InChI is InChI=1S/C17H21N5O/c1-12-10-13(2)20-17(19-12)22-8-5-15(6-9-22)21-16(23)14-4-3-7-18-11-14/h3-4,7,10-11,15H,5-6,8-9H2,1-2H3,(H,21,23). The number of aromatic nitrogens is 3. The number of piperidine rings is 1. The van der Waals surface area contributed by atoms with E-state index >= 15 is 0 Å². The third kappa shape index (κ3) is 3.83. The predicted molar refractivity (Wildman–Crippen MR) is 88.4 cm³/mol. The van der Waals surface area contributed by atoms with Crippen LogP contribution in [0, 0.1) is 13.8 Å². The van der Waals surface area contributed by atoms with Crippen LogP contribution in [-0.2, 0) is 0 Å². The van der Waals surface area contributed by atoms with Gasteiger partial charge in [0.15, 0.2) is 0 Å². The second kappa shape index (κ2) is 6.73. The molecular weight excluding hydrogens is 290 g/mol. The Morgan fingerprint density at radius 1 is 1.22 bits per heavy atom. The van der Waals surface area contributed by atoms with Crippen LogP contribution in [0.2, 0.25) is 0 Å². The molecule has 23 heavy (non-hydrogen) atoms. The molecule has 3 heterocycles. The Kier molecular flexibility index (Phi) is 4.50. The van der Waals surface area contributed by atoms with Crippen molar-refractivity contribution in [2.24, 2.45) is 0 Å². The van der Waals surface area contributed by atoms with Gasteiger partial charge in [-0.05, 0) is 44.9 Å². The highest BCUT2D eigenvalue weighted by Crippen LogP contribution is 2.17. The summed E-state index contributed by atoms with van der Waals surface area (Å²) in [5.74, 6) is 0.735. The molecule has 1 amide bonds. The van der Waals surface area contributed by atoms with E-state index in [1.165, 1.54) is 0 Å². The van der Waals surface area contributed by atoms with E-state index in [0.29, 0.717) is 5.56 Å². The summed E-state index contributed by atoms with van der Waals surface area (Å²) < 4.78 is 0. The van der Waals surface area contributed by atoms with E-state index in [9.17, 15) is 4.79 Å². The Bertz CT molecular complexity index is 660. The Morgan fingerprint density at radius 2 is 1.91 bits per heavy atom. The lowest BCUT2D eigenvalue weighted by molar-refractivity contribution is 0.0930. The lowest BCUT2D eigenvalue weighted by atomic mass is 10.0. The lowest BCUT2D eigenvalue weighted by Gasteiger charge is -2.32. The molecule has 0 saturated carbocycles. The zero-order valence-electron chi connectivity index (χ0n) is 13.5. The van der Waals surface area contributed by atoms with E-state index < -0.39 is 0 Å². The van der Waals surface area contributed by atoms with E-state index in [1.807, 2.05) is 19.9 Å². The molecule has 3 rings (SSSR count). The molecular formula is C17H21N5O. The molecule has 0 radical (unpaired) electrons. The smallest absolute Gasteiger partial charge is 0.253 e. The summed E-state index contributed by atoms with van der Waals surface area (Å²) in [5, 5.41) is 3.08. The molecule has 0 atom stereocenters. The summed E-state index contributed by atoms with van der Waals surface area (Å²) in [6.45, 7) is 5.67. The zero-order valence-corrected chi connectivity index (χ0v) is 13.5. The van der Waals surface area contributed by atoms with Crippen LogP contribution in [0.25, 0.3) is 0 Å². The van der Waals surface area contributed by atoms with Gasteiger partial charge in [0.2, 0.25) is 5.95 Å². The van der Waals surface area contributed by atoms with E-state index in [0.717, 1.165) is 43.3 Å². The minimum absolute atomic E-state index is 0.0563. The van der Waals surface area contributed by atoms with Gasteiger partial charge in [0.25, 0.3) is 5.91 Å². The fourth-order valence-electron chi connectivity index (χ4n) is 2.84. The first-order valence-corrected chi connectivity index (χ1v) is 7.90. The molecule has 0 bridgehead atoms. The number of nitrogens with zero attached hydrogens (tertiary/aromatic N) is 4. The van der Waals surface area contributed by atoms with Crippen molar-refractivity contribution >= 4 is 11.9 Å². The van der Waals surface area contributed by atoms with E-state index in [1.54, 1.807) is 24.5 Å². The summed E-state index contributed by atoms with van der Waals surface area (Å²) >= 11 is 0. The van der Waals surface area contributed by atoms with Gasteiger partial charge in [0, 0.05) is 42.9 Å². The molecule has 2 aromatic rings. The zero-order chi connectivity index (χ0) is 16.2. The van der Waals surface area contributed by atoms with Gasteiger partial charge in [-0.2, -0.15) is 0 Å². The van der Waals surface area contributed by atoms with Crippen molar-refractivity contribution in [3.05, 3.63) is 47.5 Å². The molecule has 0 unspecified atom stereocenters. The molecule has 6 nitrogen and oxygen atoms in total. The maximum atomic E-state index is 12.2. The highest BCUT2D eigenvalue weighted by molar-refractivity contribution is 5.94. The molecule has 1 aliphatic heterocycles. The van der Waals surface area contributed by atoms with E-state index in [-0.39, 0.29) is 11.9 Å². The van der Waals surface area contributed by atoms with E-state index in [2.05, 4.69) is 25.2 Å². The highest BCUT2D eigenvalue weighted by atomic mass is 16.1. The van der Waals surface area contributed by atoms with Crippen molar-refractivity contribution < 1.29 is 4.79 Å². The molecule has 0 aromatic carbocycles. The fourth-order valence-corrected chi connectivity index (χ4v) is 2.84. The van der Waals surface area contributed by atoms with Crippen LogP contribution >= 0.6 is 0 Å². The number of nitrogens with one attached hydrogen (secondary N) is 1. The number of anilines is 1. The van der Waals surface area contributed by atoms with Gasteiger partial charge < -0.3 is 10.2 Å². The Labute approximate surface area is 136 Å². The minimum Gasteiger partial charge on any atom is -0.349 e. The summed E-state index contributed by atoms with van der Waals surface area (Å²) in [7, 11) is 0. The molecule has 6 heteroatoms. The normalized spacial score (nSPS) is 15.5. The number of rotatable bonds is 3. The van der Waals surface area contributed by atoms with Gasteiger partial charge in [-0.15, -0.1) is 0 Å². The number of amides is 1. The Morgan fingerprint density at radius 3 is 2.52 bits per heavy atom. The number of carbonyl (C=O) groups excluding carboxylic acids is 1. The van der Waals surface area contributed by atoms with Crippen LogP contribution in [0.5, 0.6) is 0 Å². The number of hydrogen-bond donors (Lipinski definition) is 1. The minimum atomic E-state index is -0.0563. The molecule has 0 aliphatic carbocycles. The quantitative estimate of drug-likeness (QED) is 0.937. The predicted octanol–water partition coefficient (Wildman–Crippen LogP) is 1.89. The monoisotopic (exact) mass is 311 g/mol. The number of hydrogen-bond acceptors (Lipinski definition) is 5. The fraction of sp³-hybridized carbons (Fsp3) is 0.412. The van der Waals surface area contributed by atoms with Gasteiger partial charge in [-0.1, -0.05) is 0 Å². The van der Waals surface area contributed by atoms with Gasteiger partial charge in [0.1, 0.15) is 0 Å². The molecule has 1 N–H and O–H groups in total. The van der Waals surface area contributed by atoms with Crippen molar-refractivity contribution in [2.45, 2.75) is 32.7 Å². The van der Waals surface area contributed by atoms with Crippen LogP contribution in [-0.4, -0.2) is 40.0 Å². The van der Waals surface area contributed by atoms with Gasteiger partial charge in [0.05, 0.1) is 5.56 Å². The van der Waals surface area contributed by atoms with Crippen LogP contribution in [0.4, 0.5) is 5.95 Å². The van der Waals surface area contributed by atoms with Crippen molar-refractivity contribution in [2.75, 3.05) is 18.0 Å². The average Bonchev–Trinajstić information content (AvgIpc) is 2.55. The largest absolute Gasteiger partial charge is 0.349 e. The Hall–Kier alpha value is -2.50. The number of carbonyl (C=O) groups is 1. The summed E-state index contributed by atoms with van der Waals surface area (Å²) in [6.07, 6.45) is 5.04. The van der Waals surface area contributed by atoms with Crippen LogP contribution < -0.4 is 10.2 Å². The SMILES string of the molecule is Cc1cc(C)nc(N2CCC(NC(=O)c3cccnc3)CC2)n1. The summed E-state index contributed by atoms with van der Waals surface area (Å²) in [5.41, 5.74) is 2.58. The van der Waals surface area contributed by atoms with Gasteiger partial charge >= 0.3 is 0 Å². The van der Waals surface area contributed by atoms with Crippen molar-refractivity contribution in [3.8, 4) is 0 Å². The number of aryl methyl sites for hydroxylation is 2. The van der Waals surface area contributed by atoms with Crippen molar-refractivity contribution in [1.29, 1.82) is 0 Å². The topological polar surface area (TPSA) is 71.0 Å². The lowest BCUT2D eigenvalue weighted by Crippen LogP contribution is -2.45. The third-order valence-electron chi connectivity index (χ3n) is 4.01. The van der Waals surface area contributed by atoms with Crippen LogP contribution in [0.1, 0.15) is 34.6 Å². The second-order valence-electron chi connectivity index (χ2n) is 5.93. The second-order valence-corrected chi connectivity index (χ2v) is 5.93. The molecule has 1 aliphatic rings. The van der Waals surface area contributed by atoms with Gasteiger partial charge in [-0.25, -0.2) is 9.97 Å². The first-order chi connectivity index (χ1) is 11.1.